The Hall–Kier alpha value is -0.680. The van der Waals surface area contributed by atoms with Gasteiger partial charge in [-0.05, 0) is 63.3 Å². The van der Waals surface area contributed by atoms with E-state index in [2.05, 4.69) is 22.9 Å². The molecule has 4 fully saturated rings. The van der Waals surface area contributed by atoms with Gasteiger partial charge in [0.25, 0.3) is 0 Å². The Kier molecular flexibility index (Phi) is 4.83. The van der Waals surface area contributed by atoms with Crippen molar-refractivity contribution in [2.45, 2.75) is 88.6 Å². The zero-order chi connectivity index (χ0) is 16.7. The lowest BCUT2D eigenvalue weighted by atomic mass is 9.76. The lowest BCUT2D eigenvalue weighted by molar-refractivity contribution is -0.124. The number of rotatable bonds is 2. The van der Waals surface area contributed by atoms with E-state index in [1.807, 2.05) is 0 Å². The van der Waals surface area contributed by atoms with Crippen LogP contribution in [0.1, 0.15) is 58.3 Å². The minimum Gasteiger partial charge on any atom is -0.350 e. The molecule has 0 aromatic carbocycles. The van der Waals surface area contributed by atoms with Gasteiger partial charge in [0.05, 0.1) is 6.04 Å². The second kappa shape index (κ2) is 6.91. The van der Waals surface area contributed by atoms with Crippen molar-refractivity contribution >= 4 is 5.91 Å². The molecule has 4 nitrogen and oxygen atoms in total. The highest BCUT2D eigenvalue weighted by molar-refractivity contribution is 5.82. The highest BCUT2D eigenvalue weighted by atomic mass is 19.1. The molecule has 1 amide bonds. The largest absolute Gasteiger partial charge is 0.350 e. The Morgan fingerprint density at radius 3 is 2.75 bits per heavy atom. The summed E-state index contributed by atoms with van der Waals surface area (Å²) in [5, 5.41) is 10.4. The fraction of sp³-hybridized carbons (Fsp3) is 0.947. The summed E-state index contributed by atoms with van der Waals surface area (Å²) < 4.78 is 14.2. The molecule has 8 atom stereocenters. The highest BCUT2D eigenvalue weighted by Gasteiger charge is 2.47. The van der Waals surface area contributed by atoms with Crippen molar-refractivity contribution in [1.29, 1.82) is 0 Å². The first kappa shape index (κ1) is 16.8. The third kappa shape index (κ3) is 3.10. The standard InChI is InChI=1S/C19H32FN3O/c1-11-7-8-14(20)13-10-16(22-17(11)13)19(24)23-15-6-2-4-12-5-3-9-21-18(12)15/h11-18,21-22H,2-10H2,1H3,(H,23,24). The summed E-state index contributed by atoms with van der Waals surface area (Å²) in [5.74, 6) is 1.31. The van der Waals surface area contributed by atoms with Gasteiger partial charge in [-0.25, -0.2) is 4.39 Å². The molecule has 2 saturated carbocycles. The molecule has 2 heterocycles. The molecule has 0 aromatic heterocycles. The smallest absolute Gasteiger partial charge is 0.237 e. The summed E-state index contributed by atoms with van der Waals surface area (Å²) in [6.45, 7) is 3.26. The van der Waals surface area contributed by atoms with Gasteiger partial charge in [0.15, 0.2) is 0 Å². The predicted molar refractivity (Wildman–Crippen MR) is 92.4 cm³/mol. The topological polar surface area (TPSA) is 53.2 Å². The van der Waals surface area contributed by atoms with E-state index in [9.17, 15) is 9.18 Å². The number of carbonyl (C=O) groups excluding carboxylic acids is 1. The Labute approximate surface area is 144 Å². The first-order valence-corrected chi connectivity index (χ1v) is 10.1. The van der Waals surface area contributed by atoms with Crippen LogP contribution in [0.4, 0.5) is 4.39 Å². The predicted octanol–water partition coefficient (Wildman–Crippen LogP) is 2.14. The van der Waals surface area contributed by atoms with Crippen LogP contribution in [-0.4, -0.2) is 42.8 Å². The average molecular weight is 337 g/mol. The maximum Gasteiger partial charge on any atom is 0.237 e. The maximum atomic E-state index is 14.2. The van der Waals surface area contributed by atoms with Crippen molar-refractivity contribution in [2.24, 2.45) is 17.8 Å². The number of alkyl halides is 1. The lowest BCUT2D eigenvalue weighted by Gasteiger charge is -2.42. The summed E-state index contributed by atoms with van der Waals surface area (Å²) in [6, 6.07) is 0.659. The first-order chi connectivity index (χ1) is 11.6. The fourth-order valence-corrected chi connectivity index (χ4v) is 5.80. The molecule has 8 unspecified atom stereocenters. The van der Waals surface area contributed by atoms with E-state index in [1.165, 1.54) is 25.7 Å². The molecule has 2 aliphatic carbocycles. The molecule has 136 valence electrons. The fourth-order valence-electron chi connectivity index (χ4n) is 5.80. The summed E-state index contributed by atoms with van der Waals surface area (Å²) >= 11 is 0. The summed E-state index contributed by atoms with van der Waals surface area (Å²) in [7, 11) is 0. The number of nitrogens with one attached hydrogen (secondary N) is 3. The van der Waals surface area contributed by atoms with Crippen molar-refractivity contribution in [3.8, 4) is 0 Å². The van der Waals surface area contributed by atoms with Crippen LogP contribution in [0.3, 0.4) is 0 Å². The SMILES string of the molecule is CC1CCC(F)C2CC(C(=O)NC3CCCC4CCCNC43)NC12. The quantitative estimate of drug-likeness (QED) is 0.724. The van der Waals surface area contributed by atoms with Gasteiger partial charge in [-0.1, -0.05) is 13.3 Å². The number of hydrogen-bond donors (Lipinski definition) is 3. The van der Waals surface area contributed by atoms with Gasteiger partial charge in [0.1, 0.15) is 6.17 Å². The molecule has 4 aliphatic rings. The zero-order valence-corrected chi connectivity index (χ0v) is 14.8. The Balaban J connectivity index is 1.38. The van der Waals surface area contributed by atoms with Gasteiger partial charge in [-0.15, -0.1) is 0 Å². The Morgan fingerprint density at radius 2 is 1.92 bits per heavy atom. The molecule has 2 aliphatic heterocycles. The first-order valence-electron chi connectivity index (χ1n) is 10.1. The lowest BCUT2D eigenvalue weighted by Crippen LogP contribution is -2.59. The second-order valence-electron chi connectivity index (χ2n) is 8.64. The van der Waals surface area contributed by atoms with Gasteiger partial charge in [-0.3, -0.25) is 4.79 Å². The van der Waals surface area contributed by atoms with E-state index < -0.39 is 6.17 Å². The number of fused-ring (bicyclic) bond motifs is 2. The van der Waals surface area contributed by atoms with Gasteiger partial charge < -0.3 is 16.0 Å². The van der Waals surface area contributed by atoms with E-state index in [0.29, 0.717) is 30.7 Å². The van der Waals surface area contributed by atoms with Crippen LogP contribution in [0.5, 0.6) is 0 Å². The molecule has 0 radical (unpaired) electrons. The van der Waals surface area contributed by atoms with E-state index in [0.717, 1.165) is 19.4 Å². The van der Waals surface area contributed by atoms with Crippen molar-refractivity contribution in [1.82, 2.24) is 16.0 Å². The summed E-state index contributed by atoms with van der Waals surface area (Å²) in [6.07, 6.45) is 7.63. The zero-order valence-electron chi connectivity index (χ0n) is 14.8. The van der Waals surface area contributed by atoms with Gasteiger partial charge >= 0.3 is 0 Å². The van der Waals surface area contributed by atoms with Crippen LogP contribution in [0.25, 0.3) is 0 Å². The molecular weight excluding hydrogens is 305 g/mol. The third-order valence-electron chi connectivity index (χ3n) is 7.15. The van der Waals surface area contributed by atoms with Crippen molar-refractivity contribution in [3.05, 3.63) is 0 Å². The molecule has 0 spiro atoms. The molecule has 0 bridgehead atoms. The minimum absolute atomic E-state index is 0.0245. The van der Waals surface area contributed by atoms with Crippen LogP contribution < -0.4 is 16.0 Å². The van der Waals surface area contributed by atoms with Crippen molar-refractivity contribution < 1.29 is 9.18 Å². The Bertz CT molecular complexity index is 454. The van der Waals surface area contributed by atoms with Gasteiger partial charge in [0, 0.05) is 24.0 Å². The van der Waals surface area contributed by atoms with Crippen LogP contribution >= 0.6 is 0 Å². The Morgan fingerprint density at radius 1 is 1.08 bits per heavy atom. The highest BCUT2D eigenvalue weighted by Crippen LogP contribution is 2.39. The van der Waals surface area contributed by atoms with E-state index in [-0.39, 0.29) is 30.0 Å². The number of halogens is 1. The van der Waals surface area contributed by atoms with Gasteiger partial charge in [-0.2, -0.15) is 0 Å². The van der Waals surface area contributed by atoms with Crippen LogP contribution in [0.2, 0.25) is 0 Å². The van der Waals surface area contributed by atoms with Crippen molar-refractivity contribution in [3.63, 3.8) is 0 Å². The number of hydrogen-bond acceptors (Lipinski definition) is 3. The number of carbonyl (C=O) groups is 1. The molecule has 3 N–H and O–H groups in total. The summed E-state index contributed by atoms with van der Waals surface area (Å²) in [5.41, 5.74) is 0. The van der Waals surface area contributed by atoms with Crippen LogP contribution in [0.15, 0.2) is 0 Å². The second-order valence-corrected chi connectivity index (χ2v) is 8.64. The van der Waals surface area contributed by atoms with E-state index in [4.69, 9.17) is 0 Å². The molecule has 4 rings (SSSR count). The maximum absolute atomic E-state index is 14.2. The molecule has 24 heavy (non-hydrogen) atoms. The van der Waals surface area contributed by atoms with Crippen molar-refractivity contribution in [2.75, 3.05) is 6.54 Å². The average Bonchev–Trinajstić information content (AvgIpc) is 3.05. The van der Waals surface area contributed by atoms with Crippen LogP contribution in [-0.2, 0) is 4.79 Å². The third-order valence-corrected chi connectivity index (χ3v) is 7.15. The number of amides is 1. The molecule has 0 aromatic rings. The number of piperidine rings is 1. The molecule has 5 heteroatoms. The van der Waals surface area contributed by atoms with Gasteiger partial charge in [0.2, 0.25) is 5.91 Å². The van der Waals surface area contributed by atoms with E-state index >= 15 is 0 Å². The molecular formula is C19H32FN3O. The minimum atomic E-state index is -0.740. The molecule has 2 saturated heterocycles. The monoisotopic (exact) mass is 337 g/mol. The normalized spacial score (nSPS) is 48.4. The summed E-state index contributed by atoms with van der Waals surface area (Å²) in [4.78, 5) is 12.8. The van der Waals surface area contributed by atoms with E-state index in [1.54, 1.807) is 0 Å². The van der Waals surface area contributed by atoms with Crippen LogP contribution in [0, 0.1) is 17.8 Å².